The van der Waals surface area contributed by atoms with Gasteiger partial charge in [0, 0.05) is 18.2 Å². The van der Waals surface area contributed by atoms with Gasteiger partial charge in [0.2, 0.25) is 0 Å². The van der Waals surface area contributed by atoms with Crippen LogP contribution in [-0.2, 0) is 0 Å². The van der Waals surface area contributed by atoms with Gasteiger partial charge in [-0.15, -0.1) is 0 Å². The van der Waals surface area contributed by atoms with Gasteiger partial charge in [-0.1, -0.05) is 20.3 Å². The summed E-state index contributed by atoms with van der Waals surface area (Å²) in [7, 11) is 1.46. The Bertz CT molecular complexity index is 446. The Morgan fingerprint density at radius 2 is 2.17 bits per heavy atom. The van der Waals surface area contributed by atoms with E-state index in [2.05, 4.69) is 19.2 Å². The zero-order chi connectivity index (χ0) is 13.3. The fourth-order valence-electron chi connectivity index (χ4n) is 2.63. The van der Waals surface area contributed by atoms with Crippen molar-refractivity contribution in [3.05, 3.63) is 17.9 Å². The lowest BCUT2D eigenvalue weighted by Gasteiger charge is -2.29. The number of benzene rings is 1. The molecule has 1 saturated carbocycles. The molecule has 0 spiro atoms. The van der Waals surface area contributed by atoms with Gasteiger partial charge in [0.25, 0.3) is 0 Å². The summed E-state index contributed by atoms with van der Waals surface area (Å²) in [5.74, 6) is -0.200. The van der Waals surface area contributed by atoms with Crippen molar-refractivity contribution in [2.24, 2.45) is 5.41 Å². The molecule has 18 heavy (non-hydrogen) atoms. The lowest BCUT2D eigenvalue weighted by molar-refractivity contribution is 0.349. The Morgan fingerprint density at radius 3 is 2.72 bits per heavy atom. The van der Waals surface area contributed by atoms with Gasteiger partial charge in [-0.2, -0.15) is 0 Å². The van der Waals surface area contributed by atoms with Gasteiger partial charge < -0.3 is 15.8 Å². The monoisotopic (exact) mass is 252 g/mol. The molecule has 0 heterocycles. The van der Waals surface area contributed by atoms with E-state index in [0.717, 1.165) is 12.1 Å². The highest BCUT2D eigenvalue weighted by Gasteiger charge is 2.34. The van der Waals surface area contributed by atoms with E-state index < -0.39 is 5.82 Å². The quantitative estimate of drug-likeness (QED) is 0.810. The second kappa shape index (κ2) is 4.67. The van der Waals surface area contributed by atoms with Gasteiger partial charge in [-0.3, -0.25) is 0 Å². The molecule has 3 N–H and O–H groups in total. The summed E-state index contributed by atoms with van der Waals surface area (Å²) in [6, 6.07) is 3.32. The lowest BCUT2D eigenvalue weighted by Crippen LogP contribution is -2.31. The molecule has 0 aliphatic heterocycles. The molecule has 1 atom stereocenters. The van der Waals surface area contributed by atoms with Crippen LogP contribution >= 0.6 is 0 Å². The minimum absolute atomic E-state index is 0.225. The summed E-state index contributed by atoms with van der Waals surface area (Å²) in [5, 5.41) is 3.43. The van der Waals surface area contributed by atoms with Gasteiger partial charge in [0.15, 0.2) is 11.6 Å². The number of methoxy groups -OCH3 is 1. The Kier molecular flexibility index (Phi) is 3.37. The van der Waals surface area contributed by atoms with Crippen LogP contribution in [0.3, 0.4) is 0 Å². The smallest absolute Gasteiger partial charge is 0.167 e. The van der Waals surface area contributed by atoms with Gasteiger partial charge in [-0.05, 0) is 18.3 Å². The van der Waals surface area contributed by atoms with Crippen LogP contribution in [0, 0.1) is 11.2 Å². The molecule has 1 aromatic carbocycles. The predicted octanol–water partition coefficient (Wildman–Crippen LogP) is 3.41. The number of ether oxygens (including phenoxy) is 1. The molecule has 100 valence electrons. The van der Waals surface area contributed by atoms with Gasteiger partial charge in [0.05, 0.1) is 18.5 Å². The summed E-state index contributed by atoms with van der Waals surface area (Å²) >= 11 is 0. The zero-order valence-electron chi connectivity index (χ0n) is 11.2. The van der Waals surface area contributed by atoms with Crippen molar-refractivity contribution in [2.75, 3.05) is 18.2 Å². The average molecular weight is 252 g/mol. The van der Waals surface area contributed by atoms with Crippen molar-refractivity contribution >= 4 is 11.4 Å². The summed E-state index contributed by atoms with van der Waals surface area (Å²) in [5.41, 5.74) is 7.28. The summed E-state index contributed by atoms with van der Waals surface area (Å²) in [6.45, 7) is 4.49. The van der Waals surface area contributed by atoms with Crippen LogP contribution < -0.4 is 15.8 Å². The topological polar surface area (TPSA) is 47.3 Å². The first-order chi connectivity index (χ1) is 8.44. The van der Waals surface area contributed by atoms with Crippen molar-refractivity contribution in [1.29, 1.82) is 0 Å². The van der Waals surface area contributed by atoms with Crippen LogP contribution in [0.15, 0.2) is 12.1 Å². The molecule has 0 bridgehead atoms. The third-order valence-electron chi connectivity index (χ3n) is 3.91. The van der Waals surface area contributed by atoms with E-state index >= 15 is 0 Å². The van der Waals surface area contributed by atoms with E-state index in [4.69, 9.17) is 10.5 Å². The zero-order valence-corrected chi connectivity index (χ0v) is 11.2. The number of nitrogens with one attached hydrogen (secondary N) is 1. The third kappa shape index (κ3) is 2.37. The molecule has 0 radical (unpaired) electrons. The van der Waals surface area contributed by atoms with E-state index in [1.54, 1.807) is 6.07 Å². The van der Waals surface area contributed by atoms with E-state index in [1.165, 1.54) is 26.0 Å². The Balaban J connectivity index is 2.24. The lowest BCUT2D eigenvalue weighted by atomic mass is 9.87. The summed E-state index contributed by atoms with van der Waals surface area (Å²) < 4.78 is 18.5. The maximum absolute atomic E-state index is 13.5. The number of hydrogen-bond donors (Lipinski definition) is 2. The highest BCUT2D eigenvalue weighted by molar-refractivity contribution is 5.69. The molecule has 1 aliphatic rings. The SMILES string of the molecule is COc1cc(NC2CCCC2(C)C)c(N)cc1F. The number of halogens is 1. The van der Waals surface area contributed by atoms with Crippen LogP contribution in [-0.4, -0.2) is 13.2 Å². The van der Waals surface area contributed by atoms with Crippen molar-refractivity contribution < 1.29 is 9.13 Å². The highest BCUT2D eigenvalue weighted by atomic mass is 19.1. The Morgan fingerprint density at radius 1 is 1.44 bits per heavy atom. The van der Waals surface area contributed by atoms with Crippen LogP contribution in [0.25, 0.3) is 0 Å². The predicted molar refractivity (Wildman–Crippen MR) is 72.4 cm³/mol. The van der Waals surface area contributed by atoms with E-state index in [-0.39, 0.29) is 11.2 Å². The molecule has 3 nitrogen and oxygen atoms in total. The normalized spacial score (nSPS) is 21.9. The van der Waals surface area contributed by atoms with E-state index in [9.17, 15) is 4.39 Å². The number of rotatable bonds is 3. The van der Waals surface area contributed by atoms with Crippen molar-refractivity contribution in [3.8, 4) is 5.75 Å². The number of nitrogen functional groups attached to an aromatic ring is 1. The van der Waals surface area contributed by atoms with E-state index in [0.29, 0.717) is 11.7 Å². The standard InChI is InChI=1S/C14H21FN2O/c1-14(2)6-4-5-13(14)17-11-8-12(18-3)9(15)7-10(11)16/h7-8,13,17H,4-6,16H2,1-3H3. The van der Waals surface area contributed by atoms with Crippen LogP contribution in [0.5, 0.6) is 5.75 Å². The molecule has 0 aromatic heterocycles. The minimum Gasteiger partial charge on any atom is -0.494 e. The minimum atomic E-state index is -0.425. The largest absolute Gasteiger partial charge is 0.494 e. The van der Waals surface area contributed by atoms with Gasteiger partial charge in [-0.25, -0.2) is 4.39 Å². The second-order valence-corrected chi connectivity index (χ2v) is 5.65. The first-order valence-corrected chi connectivity index (χ1v) is 6.33. The molecule has 1 unspecified atom stereocenters. The second-order valence-electron chi connectivity index (χ2n) is 5.65. The Hall–Kier alpha value is -1.45. The first-order valence-electron chi connectivity index (χ1n) is 6.33. The van der Waals surface area contributed by atoms with Crippen molar-refractivity contribution in [1.82, 2.24) is 0 Å². The Labute approximate surface area is 108 Å². The number of hydrogen-bond acceptors (Lipinski definition) is 3. The molecule has 4 heteroatoms. The van der Waals surface area contributed by atoms with Gasteiger partial charge >= 0.3 is 0 Å². The molecule has 1 aromatic rings. The molecule has 0 amide bonds. The third-order valence-corrected chi connectivity index (χ3v) is 3.91. The van der Waals surface area contributed by atoms with Crippen LogP contribution in [0.4, 0.5) is 15.8 Å². The maximum Gasteiger partial charge on any atom is 0.167 e. The fourth-order valence-corrected chi connectivity index (χ4v) is 2.63. The molecule has 1 aliphatic carbocycles. The summed E-state index contributed by atoms with van der Waals surface area (Å²) in [4.78, 5) is 0. The maximum atomic E-state index is 13.5. The molecule has 2 rings (SSSR count). The number of nitrogens with two attached hydrogens (primary N) is 1. The van der Waals surface area contributed by atoms with Crippen molar-refractivity contribution in [3.63, 3.8) is 0 Å². The average Bonchev–Trinajstić information content (AvgIpc) is 2.62. The first kappa shape index (κ1) is 13.0. The molecule has 1 fully saturated rings. The summed E-state index contributed by atoms with van der Waals surface area (Å²) in [6.07, 6.45) is 3.53. The van der Waals surface area contributed by atoms with Crippen LogP contribution in [0.1, 0.15) is 33.1 Å². The van der Waals surface area contributed by atoms with Crippen LogP contribution in [0.2, 0.25) is 0 Å². The molecular formula is C14H21FN2O. The van der Waals surface area contributed by atoms with E-state index in [1.807, 2.05) is 0 Å². The number of anilines is 2. The van der Waals surface area contributed by atoms with Crippen molar-refractivity contribution in [2.45, 2.75) is 39.2 Å². The fraction of sp³-hybridized carbons (Fsp3) is 0.571. The molecule has 0 saturated heterocycles. The highest BCUT2D eigenvalue weighted by Crippen LogP contribution is 2.40. The van der Waals surface area contributed by atoms with Gasteiger partial charge in [0.1, 0.15) is 0 Å². The molecular weight excluding hydrogens is 231 g/mol.